The lowest BCUT2D eigenvalue weighted by molar-refractivity contribution is -0.133. The zero-order chi connectivity index (χ0) is 12.1. The molecule has 1 unspecified atom stereocenters. The van der Waals surface area contributed by atoms with Crippen molar-refractivity contribution in [3.8, 4) is 0 Å². The first-order valence-corrected chi connectivity index (χ1v) is 5.92. The second-order valence-electron chi connectivity index (χ2n) is 4.23. The van der Waals surface area contributed by atoms with Crippen LogP contribution in [-0.4, -0.2) is 16.8 Å². The van der Waals surface area contributed by atoms with Crippen LogP contribution in [0.15, 0.2) is 55.1 Å². The van der Waals surface area contributed by atoms with Gasteiger partial charge in [-0.15, -0.1) is 6.58 Å². The summed E-state index contributed by atoms with van der Waals surface area (Å²) >= 11 is 0. The molecule has 1 aliphatic rings. The predicted octanol–water partition coefficient (Wildman–Crippen LogP) is 2.92. The quantitative estimate of drug-likeness (QED) is 0.724. The highest BCUT2D eigenvalue weighted by Gasteiger charge is 2.23. The van der Waals surface area contributed by atoms with Crippen LogP contribution >= 0.6 is 0 Å². The second-order valence-corrected chi connectivity index (χ2v) is 4.23. The topological polar surface area (TPSA) is 20.3 Å². The molecule has 17 heavy (non-hydrogen) atoms. The fourth-order valence-corrected chi connectivity index (χ4v) is 2.09. The first-order chi connectivity index (χ1) is 8.31. The normalized spacial score (nSPS) is 19.4. The maximum Gasteiger partial charge on any atom is 0.227 e. The van der Waals surface area contributed by atoms with Crippen molar-refractivity contribution in [1.29, 1.82) is 0 Å². The van der Waals surface area contributed by atoms with Crippen molar-refractivity contribution in [3.05, 3.63) is 60.7 Å². The van der Waals surface area contributed by atoms with Gasteiger partial charge < -0.3 is 4.90 Å². The minimum absolute atomic E-state index is 0.161. The lowest BCUT2D eigenvalue weighted by Crippen LogP contribution is -2.40. The van der Waals surface area contributed by atoms with E-state index < -0.39 is 0 Å². The number of benzene rings is 1. The van der Waals surface area contributed by atoms with Gasteiger partial charge in [0.25, 0.3) is 0 Å². The van der Waals surface area contributed by atoms with Crippen molar-refractivity contribution in [2.24, 2.45) is 0 Å². The third-order valence-electron chi connectivity index (χ3n) is 2.98. The lowest BCUT2D eigenvalue weighted by Gasteiger charge is -2.32. The highest BCUT2D eigenvalue weighted by molar-refractivity contribution is 5.79. The van der Waals surface area contributed by atoms with Crippen LogP contribution in [0.25, 0.3) is 0 Å². The van der Waals surface area contributed by atoms with Gasteiger partial charge >= 0.3 is 0 Å². The molecule has 0 spiro atoms. The molecule has 0 bridgehead atoms. The van der Waals surface area contributed by atoms with Gasteiger partial charge in [-0.05, 0) is 12.0 Å². The summed E-state index contributed by atoms with van der Waals surface area (Å²) in [4.78, 5) is 13.9. The Morgan fingerprint density at radius 2 is 2.12 bits per heavy atom. The van der Waals surface area contributed by atoms with Crippen LogP contribution in [0.3, 0.4) is 0 Å². The first kappa shape index (κ1) is 11.6. The number of carbonyl (C=O) groups excluding carboxylic acids is 1. The fraction of sp³-hybridized carbons (Fsp3) is 0.267. The summed E-state index contributed by atoms with van der Waals surface area (Å²) in [5.41, 5.74) is 1.17. The monoisotopic (exact) mass is 227 g/mol. The fourth-order valence-electron chi connectivity index (χ4n) is 2.09. The lowest BCUT2D eigenvalue weighted by atomic mass is 10.0. The van der Waals surface area contributed by atoms with E-state index in [9.17, 15) is 4.79 Å². The Kier molecular flexibility index (Phi) is 3.76. The van der Waals surface area contributed by atoms with Crippen LogP contribution in [0.4, 0.5) is 0 Å². The first-order valence-electron chi connectivity index (χ1n) is 5.92. The van der Waals surface area contributed by atoms with Gasteiger partial charge in [0, 0.05) is 13.0 Å². The van der Waals surface area contributed by atoms with E-state index in [1.54, 1.807) is 0 Å². The molecule has 0 N–H and O–H groups in total. The molecule has 2 heteroatoms. The highest BCUT2D eigenvalue weighted by Crippen LogP contribution is 2.18. The Balaban J connectivity index is 2.13. The molecule has 0 radical (unpaired) electrons. The van der Waals surface area contributed by atoms with Crippen molar-refractivity contribution in [3.63, 3.8) is 0 Å². The molecule has 1 amide bonds. The Hall–Kier alpha value is -1.83. The molecule has 1 aromatic carbocycles. The molecule has 1 aliphatic heterocycles. The van der Waals surface area contributed by atoms with Gasteiger partial charge in [-0.25, -0.2) is 0 Å². The van der Waals surface area contributed by atoms with Gasteiger partial charge in [0.15, 0.2) is 0 Å². The van der Waals surface area contributed by atoms with E-state index in [1.807, 2.05) is 35.3 Å². The molecule has 0 saturated heterocycles. The van der Waals surface area contributed by atoms with Gasteiger partial charge in [0.1, 0.15) is 0 Å². The van der Waals surface area contributed by atoms with Crippen LogP contribution in [0.2, 0.25) is 0 Å². The summed E-state index contributed by atoms with van der Waals surface area (Å²) in [5, 5.41) is 0. The largest absolute Gasteiger partial charge is 0.331 e. The smallest absolute Gasteiger partial charge is 0.227 e. The molecule has 2 rings (SSSR count). The van der Waals surface area contributed by atoms with E-state index in [2.05, 4.69) is 24.8 Å². The Labute approximate surface area is 102 Å². The number of amides is 1. The summed E-state index contributed by atoms with van der Waals surface area (Å²) in [6.45, 7) is 4.43. The average Bonchev–Trinajstić information content (AvgIpc) is 2.35. The van der Waals surface area contributed by atoms with E-state index in [0.29, 0.717) is 13.0 Å². The van der Waals surface area contributed by atoms with Gasteiger partial charge in [-0.1, -0.05) is 48.6 Å². The Morgan fingerprint density at radius 1 is 1.35 bits per heavy atom. The van der Waals surface area contributed by atoms with Crippen molar-refractivity contribution >= 4 is 5.91 Å². The molecule has 1 heterocycles. The highest BCUT2D eigenvalue weighted by atomic mass is 16.2. The van der Waals surface area contributed by atoms with Crippen LogP contribution in [0.1, 0.15) is 18.4 Å². The molecule has 1 atom stereocenters. The van der Waals surface area contributed by atoms with Crippen LogP contribution in [0.5, 0.6) is 0 Å². The number of rotatable bonds is 4. The van der Waals surface area contributed by atoms with Crippen LogP contribution in [0, 0.1) is 0 Å². The van der Waals surface area contributed by atoms with Crippen molar-refractivity contribution < 1.29 is 4.79 Å². The van der Waals surface area contributed by atoms with E-state index >= 15 is 0 Å². The molecule has 2 nitrogen and oxygen atoms in total. The molecular formula is C15H17NO. The van der Waals surface area contributed by atoms with Crippen LogP contribution < -0.4 is 0 Å². The maximum atomic E-state index is 11.9. The number of nitrogens with zero attached hydrogens (tertiary/aromatic N) is 1. The molecular weight excluding hydrogens is 210 g/mol. The van der Waals surface area contributed by atoms with E-state index in [4.69, 9.17) is 0 Å². The molecule has 1 aromatic rings. The summed E-state index contributed by atoms with van der Waals surface area (Å²) in [5.74, 6) is 0.197. The van der Waals surface area contributed by atoms with Gasteiger partial charge in [-0.3, -0.25) is 4.79 Å². The van der Waals surface area contributed by atoms with E-state index in [-0.39, 0.29) is 11.9 Å². The SMILES string of the molecule is C=CCC1C=CCC(=O)N1Cc1ccccc1. The van der Waals surface area contributed by atoms with Crippen LogP contribution in [-0.2, 0) is 11.3 Å². The summed E-state index contributed by atoms with van der Waals surface area (Å²) in [6, 6.07) is 10.3. The standard InChI is InChI=1S/C15H17NO/c1-2-7-14-10-6-11-15(17)16(14)12-13-8-4-3-5-9-13/h2-6,8-10,14H,1,7,11-12H2. The Morgan fingerprint density at radius 3 is 2.82 bits per heavy atom. The van der Waals surface area contributed by atoms with E-state index in [1.165, 1.54) is 5.56 Å². The molecule has 0 fully saturated rings. The molecule has 0 saturated carbocycles. The van der Waals surface area contributed by atoms with Gasteiger partial charge in [0.05, 0.1) is 6.04 Å². The summed E-state index contributed by atoms with van der Waals surface area (Å²) in [7, 11) is 0. The predicted molar refractivity (Wildman–Crippen MR) is 69.4 cm³/mol. The van der Waals surface area contributed by atoms with Gasteiger partial charge in [0.2, 0.25) is 5.91 Å². The van der Waals surface area contributed by atoms with Gasteiger partial charge in [-0.2, -0.15) is 0 Å². The minimum Gasteiger partial charge on any atom is -0.331 e. The third-order valence-corrected chi connectivity index (χ3v) is 2.98. The molecule has 0 aliphatic carbocycles. The van der Waals surface area contributed by atoms with Crippen molar-refractivity contribution in [2.75, 3.05) is 0 Å². The summed E-state index contributed by atoms with van der Waals surface area (Å²) < 4.78 is 0. The zero-order valence-electron chi connectivity index (χ0n) is 9.88. The Bertz CT molecular complexity index is 422. The second kappa shape index (κ2) is 5.48. The third kappa shape index (κ3) is 2.84. The average molecular weight is 227 g/mol. The number of hydrogen-bond donors (Lipinski definition) is 0. The van der Waals surface area contributed by atoms with Crippen molar-refractivity contribution in [2.45, 2.75) is 25.4 Å². The number of carbonyl (C=O) groups is 1. The number of hydrogen-bond acceptors (Lipinski definition) is 1. The zero-order valence-corrected chi connectivity index (χ0v) is 9.88. The molecule has 88 valence electrons. The minimum atomic E-state index is 0.161. The maximum absolute atomic E-state index is 11.9. The summed E-state index contributed by atoms with van der Waals surface area (Å²) in [6.07, 6.45) is 7.26. The molecule has 0 aromatic heterocycles. The van der Waals surface area contributed by atoms with Crippen molar-refractivity contribution in [1.82, 2.24) is 4.90 Å². The van der Waals surface area contributed by atoms with E-state index in [0.717, 1.165) is 6.42 Å².